The van der Waals surface area contributed by atoms with Crippen molar-refractivity contribution < 1.29 is 26.0 Å². The lowest BCUT2D eigenvalue weighted by Gasteiger charge is -2.43. The van der Waals surface area contributed by atoms with Gasteiger partial charge in [-0.25, -0.2) is 18.1 Å². The molecule has 1 atom stereocenters. The standard InChI is InChI=1S/C30H34F3N3O3SSi/c1-29(2,3)41(27-11-7-5-8-12-27,28-13-9-6-10-14-28)39-21-24(19-25-20-34-22-36(25)4)35-40(37,38)26-17-15-23(16-18-26)30(31,32)33/h5-18,20,22,24,35H,19,21H2,1-4H3/t24-/m0/s1. The SMILES string of the molecule is Cn1cncc1C[C@@H](CO[Si](c1ccccc1)(c1ccccc1)C(C)(C)C)NS(=O)(=O)c1ccc(C(F)(F)F)cc1. The van der Waals surface area contributed by atoms with Crippen molar-refractivity contribution in [3.05, 3.63) is 109 Å². The van der Waals surface area contributed by atoms with Gasteiger partial charge < -0.3 is 8.99 Å². The van der Waals surface area contributed by atoms with E-state index in [1.54, 1.807) is 17.1 Å². The second kappa shape index (κ2) is 11.9. The van der Waals surface area contributed by atoms with Crippen molar-refractivity contribution in [1.82, 2.24) is 14.3 Å². The molecule has 0 unspecified atom stereocenters. The number of rotatable bonds is 10. The van der Waals surface area contributed by atoms with E-state index < -0.39 is 36.1 Å². The van der Waals surface area contributed by atoms with Crippen LogP contribution in [0.25, 0.3) is 0 Å². The zero-order valence-electron chi connectivity index (χ0n) is 23.4. The minimum absolute atomic E-state index is 0.0261. The molecule has 0 aliphatic rings. The lowest BCUT2D eigenvalue weighted by Crippen LogP contribution is -2.67. The van der Waals surface area contributed by atoms with Gasteiger partial charge in [0.05, 0.1) is 23.4 Å². The second-order valence-electron chi connectivity index (χ2n) is 11.0. The number of benzene rings is 3. The molecule has 41 heavy (non-hydrogen) atoms. The van der Waals surface area contributed by atoms with Gasteiger partial charge in [0.25, 0.3) is 8.32 Å². The van der Waals surface area contributed by atoms with Crippen LogP contribution in [-0.2, 0) is 34.1 Å². The Morgan fingerprint density at radius 1 is 0.902 bits per heavy atom. The molecule has 6 nitrogen and oxygen atoms in total. The predicted molar refractivity (Wildman–Crippen MR) is 156 cm³/mol. The van der Waals surface area contributed by atoms with Gasteiger partial charge in [0.15, 0.2) is 0 Å². The van der Waals surface area contributed by atoms with E-state index in [9.17, 15) is 21.6 Å². The molecule has 11 heteroatoms. The Morgan fingerprint density at radius 2 is 1.44 bits per heavy atom. The molecule has 3 aromatic carbocycles. The Hall–Kier alpha value is -3.25. The summed E-state index contributed by atoms with van der Waals surface area (Å²) >= 11 is 0. The van der Waals surface area contributed by atoms with Crippen molar-refractivity contribution >= 4 is 28.7 Å². The average molecular weight is 602 g/mol. The summed E-state index contributed by atoms with van der Waals surface area (Å²) < 4.78 is 77.6. The quantitative estimate of drug-likeness (QED) is 0.263. The summed E-state index contributed by atoms with van der Waals surface area (Å²) in [6.45, 7) is 6.41. The van der Waals surface area contributed by atoms with E-state index in [4.69, 9.17) is 4.43 Å². The summed E-state index contributed by atoms with van der Waals surface area (Å²) in [5.41, 5.74) is -0.144. The highest BCUT2D eigenvalue weighted by Crippen LogP contribution is 2.37. The number of nitrogens with one attached hydrogen (secondary N) is 1. The third kappa shape index (κ3) is 6.80. The first-order chi connectivity index (χ1) is 19.2. The van der Waals surface area contributed by atoms with Gasteiger partial charge in [-0.1, -0.05) is 81.4 Å². The molecule has 0 spiro atoms. The fraction of sp³-hybridized carbons (Fsp3) is 0.300. The van der Waals surface area contributed by atoms with Crippen molar-refractivity contribution in [2.45, 2.75) is 49.3 Å². The fourth-order valence-corrected chi connectivity index (χ4v) is 10.9. The van der Waals surface area contributed by atoms with E-state index in [1.807, 2.05) is 67.7 Å². The molecule has 0 amide bonds. The first-order valence-corrected chi connectivity index (χ1v) is 16.5. The molecule has 0 bridgehead atoms. The van der Waals surface area contributed by atoms with Gasteiger partial charge in [0, 0.05) is 31.4 Å². The van der Waals surface area contributed by atoms with Gasteiger partial charge in [0.1, 0.15) is 0 Å². The monoisotopic (exact) mass is 601 g/mol. The summed E-state index contributed by atoms with van der Waals surface area (Å²) in [6, 6.07) is 22.7. The Morgan fingerprint density at radius 3 is 1.88 bits per heavy atom. The number of sulfonamides is 1. The highest BCUT2D eigenvalue weighted by Gasteiger charge is 2.50. The van der Waals surface area contributed by atoms with Crippen LogP contribution in [0.5, 0.6) is 0 Å². The summed E-state index contributed by atoms with van der Waals surface area (Å²) in [5, 5.41) is 1.76. The minimum Gasteiger partial charge on any atom is -0.406 e. The van der Waals surface area contributed by atoms with E-state index in [-0.39, 0.29) is 23.0 Å². The zero-order valence-corrected chi connectivity index (χ0v) is 25.2. The molecule has 0 aliphatic heterocycles. The van der Waals surface area contributed by atoms with E-state index in [0.717, 1.165) is 40.3 Å². The van der Waals surface area contributed by atoms with Gasteiger partial charge >= 0.3 is 6.18 Å². The molecule has 218 valence electrons. The molecule has 4 rings (SSSR count). The maximum absolute atomic E-state index is 13.4. The lowest BCUT2D eigenvalue weighted by molar-refractivity contribution is -0.137. The molecule has 0 radical (unpaired) electrons. The topological polar surface area (TPSA) is 73.2 Å². The Balaban J connectivity index is 1.72. The molecule has 1 heterocycles. The number of aryl methyl sites for hydroxylation is 1. The third-order valence-electron chi connectivity index (χ3n) is 7.10. The fourth-order valence-electron chi connectivity index (χ4n) is 5.07. The van der Waals surface area contributed by atoms with Gasteiger partial charge in [-0.2, -0.15) is 13.2 Å². The number of nitrogens with zero attached hydrogens (tertiary/aromatic N) is 2. The highest BCUT2D eigenvalue weighted by molar-refractivity contribution is 7.89. The smallest absolute Gasteiger partial charge is 0.406 e. The number of hydrogen-bond donors (Lipinski definition) is 1. The second-order valence-corrected chi connectivity index (χ2v) is 17.0. The van der Waals surface area contributed by atoms with Crippen LogP contribution >= 0.6 is 0 Å². The lowest BCUT2D eigenvalue weighted by atomic mass is 10.2. The molecule has 0 aliphatic carbocycles. The molecule has 0 fully saturated rings. The van der Waals surface area contributed by atoms with Crippen molar-refractivity contribution in [1.29, 1.82) is 0 Å². The van der Waals surface area contributed by atoms with E-state index >= 15 is 0 Å². The number of imidazole rings is 1. The number of aromatic nitrogens is 2. The van der Waals surface area contributed by atoms with E-state index in [2.05, 4.69) is 30.5 Å². The highest BCUT2D eigenvalue weighted by atomic mass is 32.2. The maximum Gasteiger partial charge on any atom is 0.416 e. The largest absolute Gasteiger partial charge is 0.416 e. The summed E-state index contributed by atoms with van der Waals surface area (Å²) in [7, 11) is -5.36. The van der Waals surface area contributed by atoms with Crippen LogP contribution in [0.3, 0.4) is 0 Å². The van der Waals surface area contributed by atoms with Gasteiger partial charge in [0.2, 0.25) is 10.0 Å². The van der Waals surface area contributed by atoms with Crippen molar-refractivity contribution in [2.75, 3.05) is 6.61 Å². The average Bonchev–Trinajstić information content (AvgIpc) is 3.32. The summed E-state index contributed by atoms with van der Waals surface area (Å²) in [5.74, 6) is 0. The van der Waals surface area contributed by atoms with Gasteiger partial charge in [-0.05, 0) is 39.7 Å². The predicted octanol–water partition coefficient (Wildman–Crippen LogP) is 4.91. The molecule has 1 aromatic heterocycles. The first-order valence-electron chi connectivity index (χ1n) is 13.1. The molecular weight excluding hydrogens is 567 g/mol. The Bertz CT molecular complexity index is 1500. The summed E-state index contributed by atoms with van der Waals surface area (Å²) in [4.78, 5) is 3.89. The van der Waals surface area contributed by atoms with Crippen molar-refractivity contribution in [3.63, 3.8) is 0 Å². The molecule has 0 saturated carbocycles. The van der Waals surface area contributed by atoms with Gasteiger partial charge in [-0.15, -0.1) is 0 Å². The van der Waals surface area contributed by atoms with E-state index in [1.165, 1.54) is 0 Å². The van der Waals surface area contributed by atoms with Crippen molar-refractivity contribution in [2.24, 2.45) is 7.05 Å². The van der Waals surface area contributed by atoms with Crippen LogP contribution < -0.4 is 15.1 Å². The maximum atomic E-state index is 13.4. The van der Waals surface area contributed by atoms with Crippen LogP contribution in [0.15, 0.2) is 102 Å². The Labute approximate surface area is 240 Å². The number of hydrogen-bond acceptors (Lipinski definition) is 4. The van der Waals surface area contributed by atoms with E-state index in [0.29, 0.717) is 0 Å². The molecule has 0 saturated heterocycles. The van der Waals surface area contributed by atoms with Crippen LogP contribution in [-0.4, -0.2) is 38.9 Å². The van der Waals surface area contributed by atoms with Crippen LogP contribution in [0.4, 0.5) is 13.2 Å². The first kappa shape index (κ1) is 30.7. The normalized spacial score (nSPS) is 13.7. The van der Waals surface area contributed by atoms with Crippen LogP contribution in [0.2, 0.25) is 5.04 Å². The molecule has 4 aromatic rings. The van der Waals surface area contributed by atoms with Crippen LogP contribution in [0.1, 0.15) is 32.0 Å². The van der Waals surface area contributed by atoms with Crippen molar-refractivity contribution in [3.8, 4) is 0 Å². The molecule has 1 N–H and O–H groups in total. The van der Waals surface area contributed by atoms with Crippen LogP contribution in [0, 0.1) is 0 Å². The molecular formula is C30H34F3N3O3SSi. The van der Waals surface area contributed by atoms with Gasteiger partial charge in [-0.3, -0.25) is 0 Å². The number of halogens is 3. The zero-order chi connectivity index (χ0) is 29.9. The number of alkyl halides is 3. The third-order valence-corrected chi connectivity index (χ3v) is 13.6. The summed E-state index contributed by atoms with van der Waals surface area (Å²) in [6.07, 6.45) is -1.03. The minimum atomic E-state index is -4.57. The Kier molecular flexibility index (Phi) is 8.93.